The molecule has 3 heteroatoms. The second kappa shape index (κ2) is 5.63. The maximum absolute atomic E-state index is 11.8. The van der Waals surface area contributed by atoms with E-state index >= 15 is 0 Å². The zero-order valence-corrected chi connectivity index (χ0v) is 10.4. The molecule has 0 heterocycles. The Kier molecular flexibility index (Phi) is 3.92. The summed E-state index contributed by atoms with van der Waals surface area (Å²) in [6.07, 6.45) is 5.92. The Morgan fingerprint density at radius 2 is 1.94 bits per heavy atom. The summed E-state index contributed by atoms with van der Waals surface area (Å²) < 4.78 is 4.54. The monoisotopic (exact) mass is 244 g/mol. The van der Waals surface area contributed by atoms with E-state index < -0.39 is 0 Å². The van der Waals surface area contributed by atoms with E-state index in [-0.39, 0.29) is 24.1 Å². The van der Waals surface area contributed by atoms with Crippen LogP contribution in [0.5, 0.6) is 0 Å². The van der Waals surface area contributed by atoms with Gasteiger partial charge in [0.05, 0.1) is 13.5 Å². The molecule has 0 spiro atoms. The Bertz CT molecular complexity index is 467. The number of hydrogen-bond donors (Lipinski definition) is 0. The van der Waals surface area contributed by atoms with Crippen LogP contribution >= 0.6 is 0 Å². The molecule has 0 atom stereocenters. The lowest BCUT2D eigenvalue weighted by Gasteiger charge is -1.99. The Morgan fingerprint density at radius 3 is 2.50 bits per heavy atom. The van der Waals surface area contributed by atoms with E-state index in [4.69, 9.17) is 0 Å². The van der Waals surface area contributed by atoms with Gasteiger partial charge in [-0.1, -0.05) is 36.4 Å². The molecule has 0 saturated heterocycles. The van der Waals surface area contributed by atoms with Crippen LogP contribution in [0.2, 0.25) is 0 Å². The van der Waals surface area contributed by atoms with Crippen LogP contribution < -0.4 is 0 Å². The van der Waals surface area contributed by atoms with E-state index in [1.54, 1.807) is 6.08 Å². The van der Waals surface area contributed by atoms with Crippen LogP contribution in [-0.2, 0) is 9.53 Å². The van der Waals surface area contributed by atoms with Gasteiger partial charge in [0.2, 0.25) is 0 Å². The van der Waals surface area contributed by atoms with Gasteiger partial charge in [0, 0.05) is 11.5 Å². The van der Waals surface area contributed by atoms with Crippen LogP contribution in [0.25, 0.3) is 6.08 Å². The number of carbonyl (C=O) groups excluding carboxylic acids is 2. The summed E-state index contributed by atoms with van der Waals surface area (Å²) in [7, 11) is 1.37. The molecule has 0 unspecified atom stereocenters. The second-order valence-corrected chi connectivity index (χ2v) is 4.44. The third kappa shape index (κ3) is 3.29. The van der Waals surface area contributed by atoms with Crippen molar-refractivity contribution < 1.29 is 14.3 Å². The standard InChI is InChI=1S/C15H16O3/c1-18-14(16)4-2-3-11-5-7-12(8-6-11)15(17)13-9-10-13/h2-3,5-8,13H,4,9-10H2,1H3. The zero-order valence-electron chi connectivity index (χ0n) is 10.4. The molecule has 1 saturated carbocycles. The molecule has 94 valence electrons. The van der Waals surface area contributed by atoms with Crippen LogP contribution in [0.4, 0.5) is 0 Å². The van der Waals surface area contributed by atoms with E-state index in [1.165, 1.54) is 7.11 Å². The molecule has 0 bridgehead atoms. The van der Waals surface area contributed by atoms with E-state index in [2.05, 4.69) is 4.74 Å². The molecule has 1 aromatic carbocycles. The van der Waals surface area contributed by atoms with Gasteiger partial charge in [-0.15, -0.1) is 0 Å². The summed E-state index contributed by atoms with van der Waals surface area (Å²) in [6, 6.07) is 7.48. The Hall–Kier alpha value is -1.90. The average molecular weight is 244 g/mol. The highest BCUT2D eigenvalue weighted by Crippen LogP contribution is 2.32. The third-order valence-electron chi connectivity index (χ3n) is 2.97. The number of benzene rings is 1. The van der Waals surface area contributed by atoms with E-state index in [0.29, 0.717) is 0 Å². The third-order valence-corrected chi connectivity index (χ3v) is 2.97. The van der Waals surface area contributed by atoms with Gasteiger partial charge in [0.15, 0.2) is 5.78 Å². The van der Waals surface area contributed by atoms with Gasteiger partial charge in [-0.3, -0.25) is 9.59 Å². The Balaban J connectivity index is 1.94. The predicted octanol–water partition coefficient (Wildman–Crippen LogP) is 2.86. The molecule has 1 aliphatic rings. The topological polar surface area (TPSA) is 43.4 Å². The number of hydrogen-bond acceptors (Lipinski definition) is 3. The SMILES string of the molecule is COC(=O)CC=Cc1ccc(C(=O)C2CC2)cc1. The molecule has 1 aliphatic carbocycles. The normalized spacial score (nSPS) is 14.7. The van der Waals surface area contributed by atoms with Gasteiger partial charge in [-0.2, -0.15) is 0 Å². The van der Waals surface area contributed by atoms with Gasteiger partial charge < -0.3 is 4.74 Å². The lowest BCUT2D eigenvalue weighted by molar-refractivity contribution is -0.139. The highest BCUT2D eigenvalue weighted by molar-refractivity contribution is 5.99. The molecule has 0 amide bonds. The molecule has 3 nitrogen and oxygen atoms in total. The Morgan fingerprint density at radius 1 is 1.28 bits per heavy atom. The quantitative estimate of drug-likeness (QED) is 0.591. The molecule has 0 aliphatic heterocycles. The van der Waals surface area contributed by atoms with Crippen molar-refractivity contribution >= 4 is 17.8 Å². The summed E-state index contributed by atoms with van der Waals surface area (Å²) in [5, 5.41) is 0. The molecular weight excluding hydrogens is 228 g/mol. The Labute approximate surface area is 106 Å². The lowest BCUT2D eigenvalue weighted by Crippen LogP contribution is -2.00. The maximum Gasteiger partial charge on any atom is 0.309 e. The molecule has 18 heavy (non-hydrogen) atoms. The van der Waals surface area contributed by atoms with Crippen LogP contribution in [-0.4, -0.2) is 18.9 Å². The molecule has 0 radical (unpaired) electrons. The number of ketones is 1. The minimum absolute atomic E-state index is 0.250. The van der Waals surface area contributed by atoms with Crippen molar-refractivity contribution in [1.82, 2.24) is 0 Å². The molecule has 0 N–H and O–H groups in total. The predicted molar refractivity (Wildman–Crippen MR) is 69.2 cm³/mol. The summed E-state index contributed by atoms with van der Waals surface area (Å²) in [4.78, 5) is 22.7. The fourth-order valence-corrected chi connectivity index (χ4v) is 1.71. The number of ether oxygens (including phenoxy) is 1. The molecule has 2 rings (SSSR count). The van der Waals surface area contributed by atoms with Crippen molar-refractivity contribution in [3.05, 3.63) is 41.5 Å². The molecule has 1 aromatic rings. The first-order chi connectivity index (χ1) is 8.70. The number of rotatable bonds is 5. The van der Waals surface area contributed by atoms with E-state index in [1.807, 2.05) is 30.3 Å². The first-order valence-corrected chi connectivity index (χ1v) is 6.08. The van der Waals surface area contributed by atoms with Crippen LogP contribution in [0, 0.1) is 5.92 Å². The van der Waals surface area contributed by atoms with Gasteiger partial charge in [0.1, 0.15) is 0 Å². The fourth-order valence-electron chi connectivity index (χ4n) is 1.71. The van der Waals surface area contributed by atoms with Gasteiger partial charge in [-0.05, 0) is 18.4 Å². The van der Waals surface area contributed by atoms with Crippen molar-refractivity contribution in [3.8, 4) is 0 Å². The summed E-state index contributed by atoms with van der Waals surface area (Å²) in [5.41, 5.74) is 1.76. The minimum Gasteiger partial charge on any atom is -0.469 e. The van der Waals surface area contributed by atoms with Crippen molar-refractivity contribution in [3.63, 3.8) is 0 Å². The lowest BCUT2D eigenvalue weighted by atomic mass is 10.0. The smallest absolute Gasteiger partial charge is 0.309 e. The zero-order chi connectivity index (χ0) is 13.0. The highest BCUT2D eigenvalue weighted by atomic mass is 16.5. The second-order valence-electron chi connectivity index (χ2n) is 4.44. The molecule has 1 fully saturated rings. The summed E-state index contributed by atoms with van der Waals surface area (Å²) >= 11 is 0. The minimum atomic E-state index is -0.258. The van der Waals surface area contributed by atoms with Crippen LogP contribution in [0.15, 0.2) is 30.3 Å². The first kappa shape index (κ1) is 12.6. The van der Waals surface area contributed by atoms with Gasteiger partial charge in [-0.25, -0.2) is 0 Å². The summed E-state index contributed by atoms with van der Waals surface area (Å²) in [6.45, 7) is 0. The largest absolute Gasteiger partial charge is 0.469 e. The van der Waals surface area contributed by atoms with Crippen molar-refractivity contribution in [2.24, 2.45) is 5.92 Å². The van der Waals surface area contributed by atoms with Gasteiger partial charge >= 0.3 is 5.97 Å². The summed E-state index contributed by atoms with van der Waals surface area (Å²) in [5.74, 6) is 0.248. The number of Topliss-reactive ketones (excluding diaryl/α,β-unsaturated/α-hetero) is 1. The fraction of sp³-hybridized carbons (Fsp3) is 0.333. The molecule has 0 aromatic heterocycles. The molecular formula is C15H16O3. The highest BCUT2D eigenvalue weighted by Gasteiger charge is 2.30. The van der Waals surface area contributed by atoms with Crippen molar-refractivity contribution in [1.29, 1.82) is 0 Å². The van der Waals surface area contributed by atoms with Crippen LogP contribution in [0.1, 0.15) is 35.2 Å². The van der Waals surface area contributed by atoms with Crippen molar-refractivity contribution in [2.75, 3.05) is 7.11 Å². The van der Waals surface area contributed by atoms with Crippen LogP contribution in [0.3, 0.4) is 0 Å². The maximum atomic E-state index is 11.8. The van der Waals surface area contributed by atoms with E-state index in [9.17, 15) is 9.59 Å². The number of methoxy groups -OCH3 is 1. The van der Waals surface area contributed by atoms with Crippen molar-refractivity contribution in [2.45, 2.75) is 19.3 Å². The number of esters is 1. The average Bonchev–Trinajstić information content (AvgIpc) is 3.23. The number of carbonyl (C=O) groups is 2. The van der Waals surface area contributed by atoms with Gasteiger partial charge in [0.25, 0.3) is 0 Å². The van der Waals surface area contributed by atoms with E-state index in [0.717, 1.165) is 24.0 Å². The first-order valence-electron chi connectivity index (χ1n) is 6.08.